The minimum atomic E-state index is -3.97. The molecule has 0 radical (unpaired) electrons. The molecular formula is C11H12F2N2O2S. The number of sulfonamides is 1. The van der Waals surface area contributed by atoms with E-state index in [0.717, 1.165) is 16.4 Å². The van der Waals surface area contributed by atoms with Gasteiger partial charge in [-0.15, -0.1) is 0 Å². The molecule has 0 spiro atoms. The highest BCUT2D eigenvalue weighted by Gasteiger charge is 2.29. The average molecular weight is 274 g/mol. The van der Waals surface area contributed by atoms with Crippen molar-refractivity contribution in [3.05, 3.63) is 35.9 Å². The molecule has 1 aliphatic rings. The summed E-state index contributed by atoms with van der Waals surface area (Å²) in [7, 11) is -3.97. The minimum absolute atomic E-state index is 0.180. The normalized spacial score (nSPS) is 17.0. The maximum absolute atomic E-state index is 13.7. The monoisotopic (exact) mass is 274 g/mol. The van der Waals surface area contributed by atoms with Crippen LogP contribution in [0.3, 0.4) is 0 Å². The second-order valence-corrected chi connectivity index (χ2v) is 5.80. The van der Waals surface area contributed by atoms with E-state index in [2.05, 4.69) is 0 Å². The molecule has 2 rings (SSSR count). The maximum atomic E-state index is 13.7. The van der Waals surface area contributed by atoms with Crippen molar-refractivity contribution < 1.29 is 17.2 Å². The zero-order valence-corrected chi connectivity index (χ0v) is 10.3. The van der Waals surface area contributed by atoms with Crippen molar-refractivity contribution in [3.8, 4) is 0 Å². The van der Waals surface area contributed by atoms with Crippen LogP contribution in [0.1, 0.15) is 6.42 Å². The summed E-state index contributed by atoms with van der Waals surface area (Å²) in [5.74, 6) is -2.20. The second kappa shape index (κ2) is 4.66. The first-order valence-electron chi connectivity index (χ1n) is 5.33. The van der Waals surface area contributed by atoms with Crippen molar-refractivity contribution in [2.24, 2.45) is 0 Å². The van der Waals surface area contributed by atoms with Crippen molar-refractivity contribution in [2.45, 2.75) is 11.3 Å². The van der Waals surface area contributed by atoms with E-state index in [-0.39, 0.29) is 13.1 Å². The molecular weight excluding hydrogens is 262 g/mol. The van der Waals surface area contributed by atoms with Crippen LogP contribution in [-0.4, -0.2) is 25.8 Å². The zero-order valence-electron chi connectivity index (χ0n) is 9.44. The SMILES string of the molecule is Nc1c(F)ccc(S(=O)(=O)N2CC=CCC2)c1F. The fraction of sp³-hybridized carbons (Fsp3) is 0.273. The van der Waals surface area contributed by atoms with E-state index in [1.807, 2.05) is 6.08 Å². The van der Waals surface area contributed by atoms with Crippen LogP contribution in [0.25, 0.3) is 0 Å². The van der Waals surface area contributed by atoms with Crippen molar-refractivity contribution in [2.75, 3.05) is 18.8 Å². The summed E-state index contributed by atoms with van der Waals surface area (Å²) in [4.78, 5) is -0.586. The van der Waals surface area contributed by atoms with Crippen LogP contribution in [0.2, 0.25) is 0 Å². The van der Waals surface area contributed by atoms with E-state index in [1.165, 1.54) is 0 Å². The predicted molar refractivity (Wildman–Crippen MR) is 63.3 cm³/mol. The highest BCUT2D eigenvalue weighted by atomic mass is 32.2. The van der Waals surface area contributed by atoms with Gasteiger partial charge in [0, 0.05) is 13.1 Å². The van der Waals surface area contributed by atoms with Gasteiger partial charge < -0.3 is 5.73 Å². The summed E-state index contributed by atoms with van der Waals surface area (Å²) in [5.41, 5.74) is 4.39. The van der Waals surface area contributed by atoms with Crippen LogP contribution in [0, 0.1) is 11.6 Å². The molecule has 1 aliphatic heterocycles. The molecule has 0 saturated heterocycles. The second-order valence-electron chi connectivity index (χ2n) is 3.90. The smallest absolute Gasteiger partial charge is 0.246 e. The molecule has 4 nitrogen and oxygen atoms in total. The van der Waals surface area contributed by atoms with Gasteiger partial charge in [0.05, 0.1) is 0 Å². The Labute approximate surface area is 104 Å². The van der Waals surface area contributed by atoms with Crippen molar-refractivity contribution in [3.63, 3.8) is 0 Å². The van der Waals surface area contributed by atoms with Gasteiger partial charge in [-0.3, -0.25) is 0 Å². The minimum Gasteiger partial charge on any atom is -0.394 e. The number of rotatable bonds is 2. The third-order valence-electron chi connectivity index (χ3n) is 2.73. The molecule has 0 aliphatic carbocycles. The lowest BCUT2D eigenvalue weighted by molar-refractivity contribution is 0.432. The fourth-order valence-electron chi connectivity index (χ4n) is 1.73. The van der Waals surface area contributed by atoms with Crippen molar-refractivity contribution in [1.82, 2.24) is 4.31 Å². The Bertz CT molecular complexity index is 599. The lowest BCUT2D eigenvalue weighted by atomic mass is 10.3. The summed E-state index contributed by atoms with van der Waals surface area (Å²) in [5, 5.41) is 0. The molecule has 1 aromatic carbocycles. The summed E-state index contributed by atoms with van der Waals surface area (Å²) in [6, 6.07) is 1.75. The van der Waals surface area contributed by atoms with Gasteiger partial charge in [0.2, 0.25) is 10.0 Å². The van der Waals surface area contributed by atoms with E-state index >= 15 is 0 Å². The lowest BCUT2D eigenvalue weighted by Crippen LogP contribution is -2.34. The number of anilines is 1. The third kappa shape index (κ3) is 2.11. The Morgan fingerprint density at radius 1 is 1.22 bits per heavy atom. The standard InChI is InChI=1S/C11H12F2N2O2S/c12-8-4-5-9(10(13)11(8)14)18(16,17)15-6-2-1-3-7-15/h1-2,4-5H,3,6-7,14H2. The van der Waals surface area contributed by atoms with Crippen LogP contribution in [0.5, 0.6) is 0 Å². The number of benzene rings is 1. The molecule has 0 atom stereocenters. The molecule has 0 amide bonds. The molecule has 0 unspecified atom stereocenters. The molecule has 1 heterocycles. The number of nitrogens with two attached hydrogens (primary N) is 1. The Hall–Kier alpha value is -1.47. The first-order chi connectivity index (χ1) is 8.44. The van der Waals surface area contributed by atoms with Crippen LogP contribution in [0.15, 0.2) is 29.2 Å². The predicted octanol–water partition coefficient (Wildman–Crippen LogP) is 1.50. The largest absolute Gasteiger partial charge is 0.394 e. The van der Waals surface area contributed by atoms with Gasteiger partial charge in [-0.1, -0.05) is 12.2 Å². The highest BCUT2D eigenvalue weighted by molar-refractivity contribution is 7.89. The van der Waals surface area contributed by atoms with E-state index in [4.69, 9.17) is 5.73 Å². The highest BCUT2D eigenvalue weighted by Crippen LogP contribution is 2.26. The topological polar surface area (TPSA) is 63.4 Å². The average Bonchev–Trinajstić information content (AvgIpc) is 2.37. The van der Waals surface area contributed by atoms with Crippen LogP contribution in [-0.2, 0) is 10.0 Å². The summed E-state index contributed by atoms with van der Waals surface area (Å²) in [6.07, 6.45) is 4.10. The number of nitrogens with zero attached hydrogens (tertiary/aromatic N) is 1. The van der Waals surface area contributed by atoms with Crippen LogP contribution < -0.4 is 5.73 Å². The van der Waals surface area contributed by atoms with E-state index < -0.39 is 32.2 Å². The molecule has 0 saturated carbocycles. The third-order valence-corrected chi connectivity index (χ3v) is 4.61. The molecule has 1 aromatic rings. The molecule has 18 heavy (non-hydrogen) atoms. The van der Waals surface area contributed by atoms with Gasteiger partial charge in [-0.05, 0) is 18.6 Å². The zero-order chi connectivity index (χ0) is 13.3. The number of hydrogen-bond donors (Lipinski definition) is 1. The molecule has 2 N–H and O–H groups in total. The number of nitrogen functional groups attached to an aromatic ring is 1. The Kier molecular flexibility index (Phi) is 3.36. The Morgan fingerprint density at radius 3 is 2.56 bits per heavy atom. The Balaban J connectivity index is 2.48. The van der Waals surface area contributed by atoms with E-state index in [0.29, 0.717) is 6.42 Å². The van der Waals surface area contributed by atoms with E-state index in [9.17, 15) is 17.2 Å². The van der Waals surface area contributed by atoms with Gasteiger partial charge in [0.1, 0.15) is 16.4 Å². The molecule has 0 aromatic heterocycles. The van der Waals surface area contributed by atoms with Crippen molar-refractivity contribution in [1.29, 1.82) is 0 Å². The van der Waals surface area contributed by atoms with Gasteiger partial charge in [-0.2, -0.15) is 4.31 Å². The lowest BCUT2D eigenvalue weighted by Gasteiger charge is -2.23. The Morgan fingerprint density at radius 2 is 1.94 bits per heavy atom. The maximum Gasteiger partial charge on any atom is 0.246 e. The summed E-state index contributed by atoms with van der Waals surface area (Å²) < 4.78 is 52.1. The number of hydrogen-bond acceptors (Lipinski definition) is 3. The molecule has 0 bridgehead atoms. The number of halogens is 2. The summed E-state index contributed by atoms with van der Waals surface area (Å²) >= 11 is 0. The quantitative estimate of drug-likeness (QED) is 0.656. The first kappa shape index (κ1) is 13.0. The van der Waals surface area contributed by atoms with Crippen LogP contribution in [0.4, 0.5) is 14.5 Å². The van der Waals surface area contributed by atoms with Gasteiger partial charge in [0.25, 0.3) is 0 Å². The molecule has 98 valence electrons. The fourth-order valence-corrected chi connectivity index (χ4v) is 3.21. The van der Waals surface area contributed by atoms with Crippen molar-refractivity contribution >= 4 is 15.7 Å². The van der Waals surface area contributed by atoms with Crippen LogP contribution >= 0.6 is 0 Å². The molecule has 0 fully saturated rings. The molecule has 7 heteroatoms. The summed E-state index contributed by atoms with van der Waals surface area (Å²) in [6.45, 7) is 0.453. The van der Waals surface area contributed by atoms with E-state index in [1.54, 1.807) is 6.08 Å². The van der Waals surface area contributed by atoms with Gasteiger partial charge in [0.15, 0.2) is 5.82 Å². The van der Waals surface area contributed by atoms with Gasteiger partial charge >= 0.3 is 0 Å². The first-order valence-corrected chi connectivity index (χ1v) is 6.77. The van der Waals surface area contributed by atoms with Gasteiger partial charge in [-0.25, -0.2) is 17.2 Å².